The molecular formula is C33H37Cl2N7O4. The Morgan fingerprint density at radius 3 is 2.15 bits per heavy atom. The molecule has 3 aliphatic rings. The van der Waals surface area contributed by atoms with Gasteiger partial charge in [-0.15, -0.1) is 0 Å². The van der Waals surface area contributed by atoms with Gasteiger partial charge in [-0.25, -0.2) is 9.78 Å². The molecule has 4 heterocycles. The minimum absolute atomic E-state index is 0.0912. The highest BCUT2D eigenvalue weighted by Gasteiger charge is 2.45. The zero-order valence-corrected chi connectivity index (χ0v) is 27.5. The lowest BCUT2D eigenvalue weighted by Crippen LogP contribution is -2.56. The van der Waals surface area contributed by atoms with Crippen molar-refractivity contribution in [2.45, 2.75) is 25.9 Å². The summed E-state index contributed by atoms with van der Waals surface area (Å²) < 4.78 is 11.3. The number of aromatic nitrogens is 2. The molecule has 242 valence electrons. The third-order valence-corrected chi connectivity index (χ3v) is 8.96. The van der Waals surface area contributed by atoms with E-state index in [0.717, 1.165) is 11.1 Å². The van der Waals surface area contributed by atoms with Gasteiger partial charge in [0.25, 0.3) is 0 Å². The van der Waals surface area contributed by atoms with E-state index in [1.165, 1.54) is 0 Å². The predicted molar refractivity (Wildman–Crippen MR) is 176 cm³/mol. The molecule has 13 heteroatoms. The molecule has 0 spiro atoms. The average Bonchev–Trinajstić information content (AvgIpc) is 3.46. The van der Waals surface area contributed by atoms with E-state index in [-0.39, 0.29) is 11.9 Å². The number of halogens is 2. The van der Waals surface area contributed by atoms with Crippen LogP contribution in [0, 0.1) is 6.92 Å². The molecule has 2 atom stereocenters. The number of hydrogen-bond donors (Lipinski definition) is 0. The number of carbonyl (C=O) groups is 2. The van der Waals surface area contributed by atoms with Crippen molar-refractivity contribution >= 4 is 41.0 Å². The monoisotopic (exact) mass is 665 g/mol. The Bertz CT molecular complexity index is 1570. The second kappa shape index (κ2) is 14.3. The van der Waals surface area contributed by atoms with Crippen LogP contribution in [-0.4, -0.2) is 113 Å². The minimum Gasteiger partial charge on any atom is -0.477 e. The molecule has 46 heavy (non-hydrogen) atoms. The second-order valence-electron chi connectivity index (χ2n) is 11.4. The van der Waals surface area contributed by atoms with Crippen LogP contribution in [0.2, 0.25) is 10.0 Å². The average molecular weight is 667 g/mol. The molecular weight excluding hydrogens is 629 g/mol. The first kappa shape index (κ1) is 32.2. The summed E-state index contributed by atoms with van der Waals surface area (Å²) in [7, 11) is 0. The van der Waals surface area contributed by atoms with Crippen molar-refractivity contribution in [1.29, 1.82) is 0 Å². The summed E-state index contributed by atoms with van der Waals surface area (Å²) in [6.07, 6.45) is 1.67. The smallest absolute Gasteiger partial charge is 0.326 e. The Hall–Kier alpha value is -3.77. The van der Waals surface area contributed by atoms with Gasteiger partial charge in [-0.05, 0) is 49.2 Å². The molecule has 11 nitrogen and oxygen atoms in total. The van der Waals surface area contributed by atoms with Gasteiger partial charge < -0.3 is 19.3 Å². The molecule has 2 fully saturated rings. The minimum atomic E-state index is -0.502. The summed E-state index contributed by atoms with van der Waals surface area (Å²) in [5, 5.41) is 1.20. The largest absolute Gasteiger partial charge is 0.477 e. The van der Waals surface area contributed by atoms with Gasteiger partial charge in [0.05, 0.1) is 38.0 Å². The first-order valence-corrected chi connectivity index (χ1v) is 16.3. The topological polar surface area (TPSA) is 104 Å². The van der Waals surface area contributed by atoms with Crippen molar-refractivity contribution in [2.24, 2.45) is 4.99 Å². The lowest BCUT2D eigenvalue weighted by atomic mass is 9.94. The molecule has 3 aromatic rings. The van der Waals surface area contributed by atoms with Gasteiger partial charge in [-0.1, -0.05) is 47.5 Å². The Balaban J connectivity index is 1.34. The number of benzene rings is 2. The molecule has 3 amide bonds. The lowest BCUT2D eigenvalue weighted by molar-refractivity contribution is -0.136. The number of nitrogens with zero attached hydrogens (tertiary/aromatic N) is 7. The van der Waals surface area contributed by atoms with Crippen molar-refractivity contribution in [3.05, 3.63) is 87.3 Å². The molecule has 0 aliphatic carbocycles. The summed E-state index contributed by atoms with van der Waals surface area (Å²) >= 11 is 12.6. The molecule has 6 rings (SSSR count). The molecule has 0 radical (unpaired) electrons. The van der Waals surface area contributed by atoms with Crippen molar-refractivity contribution in [2.75, 3.05) is 65.6 Å². The second-order valence-corrected chi connectivity index (χ2v) is 12.3. The number of aliphatic imine (C=N–C) groups is 1. The number of morpholine rings is 1. The summed E-state index contributed by atoms with van der Waals surface area (Å²) in [5.41, 5.74) is 2.30. The SMILES string of the molecule is CCOc1nc(C)ncc1C1=N[C@@H](c2ccc(Cl)cc2)[C@@H](c2ccc(Cl)cc2)N1C(=O)N1CCN(CC(=O)N2CCOCC2)CC1. The Kier molecular flexibility index (Phi) is 10.0. The van der Waals surface area contributed by atoms with Gasteiger partial charge in [-0.2, -0.15) is 4.98 Å². The number of carbonyl (C=O) groups excluding carboxylic acids is 2. The van der Waals surface area contributed by atoms with Gasteiger partial charge >= 0.3 is 6.03 Å². The van der Waals surface area contributed by atoms with Crippen LogP contribution >= 0.6 is 23.2 Å². The number of ether oxygens (including phenoxy) is 2. The highest BCUT2D eigenvalue weighted by atomic mass is 35.5. The lowest BCUT2D eigenvalue weighted by Gasteiger charge is -2.39. The zero-order valence-electron chi connectivity index (χ0n) is 25.9. The van der Waals surface area contributed by atoms with E-state index in [0.29, 0.717) is 98.8 Å². The van der Waals surface area contributed by atoms with E-state index >= 15 is 0 Å². The number of aryl methyl sites for hydroxylation is 1. The number of amides is 3. The van der Waals surface area contributed by atoms with Crippen LogP contribution in [-0.2, 0) is 9.53 Å². The zero-order chi connectivity index (χ0) is 32.2. The van der Waals surface area contributed by atoms with Gasteiger partial charge in [0, 0.05) is 55.5 Å². The normalized spacial score (nSPS) is 20.5. The molecule has 2 aromatic carbocycles. The van der Waals surface area contributed by atoms with E-state index in [9.17, 15) is 9.59 Å². The maximum Gasteiger partial charge on any atom is 0.326 e. The molecule has 0 bridgehead atoms. The van der Waals surface area contributed by atoms with Crippen molar-refractivity contribution in [1.82, 2.24) is 29.6 Å². The van der Waals surface area contributed by atoms with Gasteiger partial charge in [0.2, 0.25) is 11.8 Å². The van der Waals surface area contributed by atoms with Gasteiger partial charge in [0.1, 0.15) is 17.7 Å². The van der Waals surface area contributed by atoms with E-state index in [2.05, 4.69) is 14.9 Å². The first-order chi connectivity index (χ1) is 22.3. The maximum atomic E-state index is 14.7. The van der Waals surface area contributed by atoms with Crippen molar-refractivity contribution in [3.8, 4) is 5.88 Å². The molecule has 3 aliphatic heterocycles. The highest BCUT2D eigenvalue weighted by molar-refractivity contribution is 6.30. The first-order valence-electron chi connectivity index (χ1n) is 15.5. The van der Waals surface area contributed by atoms with Gasteiger partial charge in [0.15, 0.2) is 0 Å². The molecule has 0 unspecified atom stereocenters. The number of amidine groups is 1. The molecule has 2 saturated heterocycles. The number of hydrogen-bond acceptors (Lipinski definition) is 8. The fourth-order valence-electron chi connectivity index (χ4n) is 6.06. The predicted octanol–water partition coefficient (Wildman–Crippen LogP) is 4.63. The van der Waals surface area contributed by atoms with Crippen LogP contribution in [0.5, 0.6) is 5.88 Å². The van der Waals surface area contributed by atoms with Crippen LogP contribution in [0.1, 0.15) is 41.5 Å². The Morgan fingerprint density at radius 2 is 1.52 bits per heavy atom. The molecule has 0 N–H and O–H groups in total. The van der Waals surface area contributed by atoms with Crippen LogP contribution in [0.25, 0.3) is 0 Å². The van der Waals surface area contributed by atoms with E-state index in [1.807, 2.05) is 65.3 Å². The Morgan fingerprint density at radius 1 is 0.891 bits per heavy atom. The van der Waals surface area contributed by atoms with E-state index in [1.54, 1.807) is 18.0 Å². The third kappa shape index (κ3) is 6.97. The Labute approximate surface area is 278 Å². The third-order valence-electron chi connectivity index (χ3n) is 8.46. The van der Waals surface area contributed by atoms with Crippen molar-refractivity contribution in [3.63, 3.8) is 0 Å². The number of piperazine rings is 1. The quantitative estimate of drug-likeness (QED) is 0.362. The standard InChI is InChI=1S/C33H37Cl2N7O4/c1-3-46-32-27(20-36-22(2)37-32)31-38-29(23-4-8-25(34)9-5-23)30(24-6-10-26(35)11-7-24)42(31)33(44)41-14-12-39(13-15-41)21-28(43)40-16-18-45-19-17-40/h4-11,20,29-30H,3,12-19,21H2,1-2H3/t29-,30+/m0/s1. The van der Waals surface area contributed by atoms with Crippen LogP contribution < -0.4 is 4.74 Å². The number of urea groups is 1. The van der Waals surface area contributed by atoms with Crippen LogP contribution in [0.3, 0.4) is 0 Å². The number of rotatable bonds is 7. The fourth-order valence-corrected chi connectivity index (χ4v) is 6.31. The van der Waals surface area contributed by atoms with Crippen LogP contribution in [0.15, 0.2) is 59.7 Å². The summed E-state index contributed by atoms with van der Waals surface area (Å²) in [6, 6.07) is 13.9. The van der Waals surface area contributed by atoms with Crippen LogP contribution in [0.4, 0.5) is 4.79 Å². The highest BCUT2D eigenvalue weighted by Crippen LogP contribution is 2.45. The molecule has 0 saturated carbocycles. The summed E-state index contributed by atoms with van der Waals surface area (Å²) in [6.45, 7) is 8.81. The van der Waals surface area contributed by atoms with Gasteiger partial charge in [-0.3, -0.25) is 19.6 Å². The fraction of sp³-hybridized carbons (Fsp3) is 0.424. The maximum absolute atomic E-state index is 14.7. The van der Waals surface area contributed by atoms with Crippen molar-refractivity contribution < 1.29 is 19.1 Å². The van der Waals surface area contributed by atoms with E-state index in [4.69, 9.17) is 37.7 Å². The summed E-state index contributed by atoms with van der Waals surface area (Å²) in [4.78, 5) is 49.4. The van der Waals surface area contributed by atoms with E-state index < -0.39 is 12.1 Å². The summed E-state index contributed by atoms with van der Waals surface area (Å²) in [5.74, 6) is 1.44. The molecule has 1 aromatic heterocycles.